The predicted molar refractivity (Wildman–Crippen MR) is 93.9 cm³/mol. The highest BCUT2D eigenvalue weighted by molar-refractivity contribution is 5.75. The summed E-state index contributed by atoms with van der Waals surface area (Å²) in [5.41, 5.74) is 5.32. The lowest BCUT2D eigenvalue weighted by atomic mass is 9.95. The van der Waals surface area contributed by atoms with Gasteiger partial charge in [0, 0.05) is 16.7 Å². The summed E-state index contributed by atoms with van der Waals surface area (Å²) in [5.74, 6) is 8.87. The Balaban J connectivity index is 0.000000213. The van der Waals surface area contributed by atoms with E-state index in [1.165, 1.54) is 11.1 Å². The molecule has 0 saturated carbocycles. The number of terminal acetylenes is 1. The van der Waals surface area contributed by atoms with Crippen LogP contribution in [0.15, 0.2) is 72.8 Å². The molecule has 1 heteroatoms. The summed E-state index contributed by atoms with van der Waals surface area (Å²) in [6.07, 6.45) is 5.39. The second-order valence-corrected chi connectivity index (χ2v) is 5.06. The van der Waals surface area contributed by atoms with Gasteiger partial charge in [0.05, 0.1) is 0 Å². The lowest BCUT2D eigenvalue weighted by Gasteiger charge is -2.10. The van der Waals surface area contributed by atoms with Crippen LogP contribution in [0.4, 0.5) is 0 Å². The molecule has 0 fully saturated rings. The minimum atomic E-state index is 0.236. The Kier molecular flexibility index (Phi) is 4.14. The number of aromatic hydroxyl groups is 1. The average Bonchev–Trinajstić information content (AvgIpc) is 2.58. The first kappa shape index (κ1) is 14.5. The van der Waals surface area contributed by atoms with E-state index in [4.69, 9.17) is 11.5 Å². The number of phenols is 1. The van der Waals surface area contributed by atoms with Crippen LogP contribution in [-0.4, -0.2) is 5.11 Å². The van der Waals surface area contributed by atoms with E-state index in [0.29, 0.717) is 0 Å². The summed E-state index contributed by atoms with van der Waals surface area (Å²) < 4.78 is 0. The molecule has 0 bridgehead atoms. The summed E-state index contributed by atoms with van der Waals surface area (Å²) in [4.78, 5) is 0. The van der Waals surface area contributed by atoms with Crippen molar-refractivity contribution >= 4 is 0 Å². The molecule has 0 amide bonds. The zero-order chi connectivity index (χ0) is 16.1. The molecule has 2 aliphatic carbocycles. The maximum atomic E-state index is 9.15. The molecule has 23 heavy (non-hydrogen) atoms. The van der Waals surface area contributed by atoms with Crippen LogP contribution < -0.4 is 0 Å². The number of hydrogen-bond acceptors (Lipinski definition) is 1. The van der Waals surface area contributed by atoms with Crippen LogP contribution in [-0.2, 0) is 0 Å². The Hall–Kier alpha value is -3.42. The standard InChI is InChI=1S/C16H10O.C6H4/c1-2-14-5-3-4-6-15(14)10-7-13-8-11-16(17)12-9-13;1-2-6-4-3-5(1)6/h1,3-6,8-9,11-12,17H;1-4H. The number of fused-ring (bicyclic) bond motifs is 1. The molecule has 0 atom stereocenters. The fourth-order valence-electron chi connectivity index (χ4n) is 2.06. The molecule has 0 heterocycles. The fraction of sp³-hybridized carbons (Fsp3) is 0. The summed E-state index contributed by atoms with van der Waals surface area (Å²) >= 11 is 0. The minimum absolute atomic E-state index is 0.236. The van der Waals surface area contributed by atoms with Gasteiger partial charge in [0.25, 0.3) is 0 Å². The summed E-state index contributed by atoms with van der Waals surface area (Å²) in [6, 6.07) is 22.8. The van der Waals surface area contributed by atoms with Gasteiger partial charge in [-0.2, -0.15) is 0 Å². The van der Waals surface area contributed by atoms with E-state index in [1.807, 2.05) is 24.3 Å². The average molecular weight is 294 g/mol. The zero-order valence-electron chi connectivity index (χ0n) is 12.5. The van der Waals surface area contributed by atoms with Gasteiger partial charge >= 0.3 is 0 Å². The SMILES string of the molecule is C#Cc1ccccc1C#Cc1ccc(O)cc1.c1cc2ccc1-2. The lowest BCUT2D eigenvalue weighted by molar-refractivity contribution is 0.475. The number of hydrogen-bond donors (Lipinski definition) is 1. The van der Waals surface area contributed by atoms with Gasteiger partial charge in [0.2, 0.25) is 0 Å². The third-order valence-electron chi connectivity index (χ3n) is 3.51. The van der Waals surface area contributed by atoms with Crippen molar-refractivity contribution in [2.75, 3.05) is 0 Å². The highest BCUT2D eigenvalue weighted by Crippen LogP contribution is 2.29. The molecular weight excluding hydrogens is 280 g/mol. The zero-order valence-corrected chi connectivity index (χ0v) is 12.5. The molecule has 0 aliphatic heterocycles. The van der Waals surface area contributed by atoms with Gasteiger partial charge in [0.1, 0.15) is 5.75 Å². The molecule has 1 nitrogen and oxygen atoms in total. The van der Waals surface area contributed by atoms with Crippen molar-refractivity contribution in [3.63, 3.8) is 0 Å². The van der Waals surface area contributed by atoms with E-state index in [9.17, 15) is 0 Å². The van der Waals surface area contributed by atoms with Crippen molar-refractivity contribution in [1.82, 2.24) is 0 Å². The van der Waals surface area contributed by atoms with Crippen LogP contribution in [0.1, 0.15) is 16.7 Å². The maximum Gasteiger partial charge on any atom is 0.115 e. The number of rotatable bonds is 0. The first-order valence-corrected chi connectivity index (χ1v) is 7.23. The normalized spacial score (nSPS) is 9.52. The predicted octanol–water partition coefficient (Wildman–Crippen LogP) is 4.44. The van der Waals surface area contributed by atoms with Crippen LogP contribution in [0.5, 0.6) is 5.75 Å². The smallest absolute Gasteiger partial charge is 0.115 e. The Morgan fingerprint density at radius 1 is 0.652 bits per heavy atom. The van der Waals surface area contributed by atoms with Gasteiger partial charge in [-0.1, -0.05) is 54.2 Å². The molecule has 0 aromatic heterocycles. The van der Waals surface area contributed by atoms with Crippen molar-refractivity contribution in [3.05, 3.63) is 89.5 Å². The largest absolute Gasteiger partial charge is 0.508 e. The Bertz CT molecular complexity index is 894. The fourth-order valence-corrected chi connectivity index (χ4v) is 2.06. The highest BCUT2D eigenvalue weighted by Gasteiger charge is 2.04. The van der Waals surface area contributed by atoms with Crippen molar-refractivity contribution < 1.29 is 5.11 Å². The second kappa shape index (κ2) is 6.56. The van der Waals surface area contributed by atoms with Gasteiger partial charge in [-0.05, 0) is 47.5 Å². The topological polar surface area (TPSA) is 20.2 Å². The van der Waals surface area contributed by atoms with Gasteiger partial charge in [-0.25, -0.2) is 0 Å². The Morgan fingerprint density at radius 2 is 1.22 bits per heavy atom. The summed E-state index contributed by atoms with van der Waals surface area (Å²) in [5, 5.41) is 9.15. The minimum Gasteiger partial charge on any atom is -0.508 e. The van der Waals surface area contributed by atoms with Gasteiger partial charge < -0.3 is 5.11 Å². The van der Waals surface area contributed by atoms with E-state index in [0.717, 1.165) is 16.7 Å². The molecule has 0 radical (unpaired) electrons. The number of phenolic OH excluding ortho intramolecular Hbond substituents is 1. The quantitative estimate of drug-likeness (QED) is 0.475. The van der Waals surface area contributed by atoms with Gasteiger partial charge in [0.15, 0.2) is 0 Å². The monoisotopic (exact) mass is 294 g/mol. The van der Waals surface area contributed by atoms with Gasteiger partial charge in [-0.15, -0.1) is 6.42 Å². The Labute approximate surface area is 136 Å². The molecule has 108 valence electrons. The summed E-state index contributed by atoms with van der Waals surface area (Å²) in [7, 11) is 0. The first-order chi connectivity index (χ1) is 11.3. The van der Waals surface area contributed by atoms with Crippen LogP contribution in [0.25, 0.3) is 11.1 Å². The molecule has 2 aromatic carbocycles. The highest BCUT2D eigenvalue weighted by atomic mass is 16.3. The molecule has 0 saturated heterocycles. The second-order valence-electron chi connectivity index (χ2n) is 5.06. The molecule has 0 unspecified atom stereocenters. The van der Waals surface area contributed by atoms with E-state index in [2.05, 4.69) is 42.0 Å². The van der Waals surface area contributed by atoms with Crippen LogP contribution in [0, 0.1) is 24.2 Å². The van der Waals surface area contributed by atoms with Crippen molar-refractivity contribution in [3.8, 4) is 41.1 Å². The molecule has 4 rings (SSSR count). The van der Waals surface area contributed by atoms with Crippen LogP contribution in [0.2, 0.25) is 0 Å². The third-order valence-corrected chi connectivity index (χ3v) is 3.51. The molecule has 2 aromatic rings. The molecule has 0 spiro atoms. The maximum absolute atomic E-state index is 9.15. The van der Waals surface area contributed by atoms with Crippen LogP contribution >= 0.6 is 0 Å². The van der Waals surface area contributed by atoms with E-state index in [-0.39, 0.29) is 5.75 Å². The van der Waals surface area contributed by atoms with Crippen molar-refractivity contribution in [1.29, 1.82) is 0 Å². The summed E-state index contributed by atoms with van der Waals surface area (Å²) in [6.45, 7) is 0. The molecular formula is C22H14O. The van der Waals surface area contributed by atoms with E-state index in [1.54, 1.807) is 24.3 Å². The van der Waals surface area contributed by atoms with E-state index < -0.39 is 0 Å². The Morgan fingerprint density at radius 3 is 1.70 bits per heavy atom. The third kappa shape index (κ3) is 3.43. The van der Waals surface area contributed by atoms with Crippen molar-refractivity contribution in [2.45, 2.75) is 0 Å². The van der Waals surface area contributed by atoms with Gasteiger partial charge in [-0.3, -0.25) is 0 Å². The van der Waals surface area contributed by atoms with Crippen molar-refractivity contribution in [2.24, 2.45) is 0 Å². The molecule has 1 N–H and O–H groups in total. The van der Waals surface area contributed by atoms with E-state index >= 15 is 0 Å². The molecule has 2 aliphatic rings. The number of benzene rings is 3. The first-order valence-electron chi connectivity index (χ1n) is 7.23. The lowest BCUT2D eigenvalue weighted by Crippen LogP contribution is -1.85. The van der Waals surface area contributed by atoms with Crippen LogP contribution in [0.3, 0.4) is 0 Å².